The summed E-state index contributed by atoms with van der Waals surface area (Å²) in [5, 5.41) is 0. The van der Waals surface area contributed by atoms with Gasteiger partial charge in [0.05, 0.1) is 0 Å². The van der Waals surface area contributed by atoms with Gasteiger partial charge in [0.15, 0.2) is 0 Å². The van der Waals surface area contributed by atoms with Gasteiger partial charge in [-0.1, -0.05) is 0 Å². The average molecular weight is 199 g/mol. The Morgan fingerprint density at radius 3 is 2.21 bits per heavy atom. The lowest BCUT2D eigenvalue weighted by atomic mass is 9.85. The minimum Gasteiger partial charge on any atom is -0.329 e. The summed E-state index contributed by atoms with van der Waals surface area (Å²) in [6, 6.07) is 0.585. The Bertz CT molecular complexity index is 171. The van der Waals surface area contributed by atoms with Crippen LogP contribution in [0.25, 0.3) is 0 Å². The van der Waals surface area contributed by atoms with Crippen LogP contribution in [0.1, 0.15) is 26.7 Å². The van der Waals surface area contributed by atoms with Crippen LogP contribution in [0.5, 0.6) is 0 Å². The number of likely N-dealkylation sites (tertiary alicyclic amines) is 1. The smallest absolute Gasteiger partial charge is 0.0355 e. The summed E-state index contributed by atoms with van der Waals surface area (Å²) in [7, 11) is 4.40. The summed E-state index contributed by atoms with van der Waals surface area (Å²) in [5.74, 6) is 0. The molecule has 1 rings (SSSR count). The van der Waals surface area contributed by atoms with Crippen molar-refractivity contribution < 1.29 is 0 Å². The second-order valence-corrected chi connectivity index (χ2v) is 4.94. The van der Waals surface area contributed by atoms with Gasteiger partial charge in [-0.3, -0.25) is 4.90 Å². The molecule has 1 aliphatic rings. The molecule has 84 valence electrons. The van der Waals surface area contributed by atoms with E-state index in [0.29, 0.717) is 6.04 Å². The van der Waals surface area contributed by atoms with Crippen LogP contribution in [0, 0.1) is 0 Å². The van der Waals surface area contributed by atoms with Crippen molar-refractivity contribution >= 4 is 0 Å². The van der Waals surface area contributed by atoms with Crippen molar-refractivity contribution in [2.24, 2.45) is 5.73 Å². The van der Waals surface area contributed by atoms with E-state index in [2.05, 4.69) is 37.7 Å². The van der Waals surface area contributed by atoms with Crippen molar-refractivity contribution in [3.05, 3.63) is 0 Å². The topological polar surface area (TPSA) is 32.5 Å². The molecule has 1 fully saturated rings. The molecule has 0 aromatic carbocycles. The molecule has 1 aliphatic heterocycles. The molecule has 2 N–H and O–H groups in total. The Morgan fingerprint density at radius 1 is 1.36 bits per heavy atom. The third-order valence-electron chi connectivity index (χ3n) is 3.82. The zero-order valence-electron chi connectivity index (χ0n) is 10.1. The highest BCUT2D eigenvalue weighted by Crippen LogP contribution is 2.27. The minimum absolute atomic E-state index is 0.251. The van der Waals surface area contributed by atoms with E-state index < -0.39 is 0 Å². The summed E-state index contributed by atoms with van der Waals surface area (Å²) in [6.07, 6.45) is 2.41. The molecule has 3 nitrogen and oxygen atoms in total. The minimum atomic E-state index is 0.251. The van der Waals surface area contributed by atoms with Crippen LogP contribution in [-0.4, -0.2) is 55.1 Å². The van der Waals surface area contributed by atoms with Crippen LogP contribution in [-0.2, 0) is 0 Å². The average Bonchev–Trinajstić information content (AvgIpc) is 2.18. The molecule has 0 aromatic rings. The van der Waals surface area contributed by atoms with Crippen molar-refractivity contribution in [2.45, 2.75) is 38.3 Å². The molecule has 3 heteroatoms. The van der Waals surface area contributed by atoms with Crippen LogP contribution in [0.4, 0.5) is 0 Å². The lowest BCUT2D eigenvalue weighted by Gasteiger charge is -2.48. The number of nitrogens with zero attached hydrogens (tertiary/aromatic N) is 2. The highest BCUT2D eigenvalue weighted by atomic mass is 15.2. The van der Waals surface area contributed by atoms with E-state index in [1.54, 1.807) is 0 Å². The molecule has 14 heavy (non-hydrogen) atoms. The lowest BCUT2D eigenvalue weighted by molar-refractivity contribution is 0.0329. The van der Waals surface area contributed by atoms with Crippen molar-refractivity contribution in [1.29, 1.82) is 0 Å². The maximum absolute atomic E-state index is 5.96. The van der Waals surface area contributed by atoms with Gasteiger partial charge in [-0.05, 0) is 53.9 Å². The van der Waals surface area contributed by atoms with Gasteiger partial charge in [-0.25, -0.2) is 0 Å². The summed E-state index contributed by atoms with van der Waals surface area (Å²) >= 11 is 0. The molecule has 0 aliphatic carbocycles. The molecule has 0 saturated carbocycles. The predicted octanol–water partition coefficient (Wildman–Crippen LogP) is 0.750. The van der Waals surface area contributed by atoms with Crippen molar-refractivity contribution in [3.63, 3.8) is 0 Å². The van der Waals surface area contributed by atoms with E-state index in [9.17, 15) is 0 Å². The first kappa shape index (κ1) is 12.0. The first-order valence-electron chi connectivity index (χ1n) is 5.63. The van der Waals surface area contributed by atoms with E-state index in [-0.39, 0.29) is 5.54 Å². The zero-order chi connectivity index (χ0) is 10.8. The largest absolute Gasteiger partial charge is 0.329 e. The third kappa shape index (κ3) is 2.27. The molecular weight excluding hydrogens is 174 g/mol. The molecule has 0 amide bonds. The Kier molecular flexibility index (Phi) is 3.93. The highest BCUT2D eigenvalue weighted by molar-refractivity contribution is 4.95. The van der Waals surface area contributed by atoms with Gasteiger partial charge in [0, 0.05) is 18.1 Å². The molecule has 0 unspecified atom stereocenters. The van der Waals surface area contributed by atoms with Crippen molar-refractivity contribution in [1.82, 2.24) is 9.80 Å². The SMILES string of the molecule is CC(C)N(C)C1(CN)CCN(C)CC1. The highest BCUT2D eigenvalue weighted by Gasteiger charge is 2.36. The zero-order valence-corrected chi connectivity index (χ0v) is 10.1. The summed E-state index contributed by atoms with van der Waals surface area (Å²) in [6.45, 7) is 7.63. The van der Waals surface area contributed by atoms with Crippen LogP contribution >= 0.6 is 0 Å². The second-order valence-electron chi connectivity index (χ2n) is 4.94. The fraction of sp³-hybridized carbons (Fsp3) is 1.00. The number of rotatable bonds is 3. The molecular formula is C11H25N3. The third-order valence-corrected chi connectivity index (χ3v) is 3.82. The van der Waals surface area contributed by atoms with E-state index in [1.165, 1.54) is 25.9 Å². The Labute approximate surface area is 88.2 Å². The van der Waals surface area contributed by atoms with E-state index in [0.717, 1.165) is 6.54 Å². The fourth-order valence-corrected chi connectivity index (χ4v) is 2.28. The number of piperidine rings is 1. The van der Waals surface area contributed by atoms with Gasteiger partial charge in [0.25, 0.3) is 0 Å². The summed E-state index contributed by atoms with van der Waals surface area (Å²) in [5.41, 5.74) is 6.21. The Hall–Kier alpha value is -0.120. The predicted molar refractivity (Wildman–Crippen MR) is 61.4 cm³/mol. The van der Waals surface area contributed by atoms with Gasteiger partial charge >= 0.3 is 0 Å². The molecule has 1 heterocycles. The van der Waals surface area contributed by atoms with Crippen LogP contribution in [0.2, 0.25) is 0 Å². The van der Waals surface area contributed by atoms with Gasteiger partial charge in [0.1, 0.15) is 0 Å². The van der Waals surface area contributed by atoms with E-state index in [4.69, 9.17) is 5.73 Å². The lowest BCUT2D eigenvalue weighted by Crippen LogP contribution is -2.59. The first-order chi connectivity index (χ1) is 6.52. The van der Waals surface area contributed by atoms with Crippen LogP contribution in [0.15, 0.2) is 0 Å². The Morgan fingerprint density at radius 2 is 1.86 bits per heavy atom. The summed E-state index contributed by atoms with van der Waals surface area (Å²) < 4.78 is 0. The first-order valence-corrected chi connectivity index (χ1v) is 5.63. The molecule has 0 atom stereocenters. The molecule has 0 spiro atoms. The number of likely N-dealkylation sites (N-methyl/N-ethyl adjacent to an activating group) is 1. The summed E-state index contributed by atoms with van der Waals surface area (Å²) in [4.78, 5) is 4.85. The monoisotopic (exact) mass is 199 g/mol. The number of hydrogen-bond acceptors (Lipinski definition) is 3. The van der Waals surface area contributed by atoms with Crippen LogP contribution < -0.4 is 5.73 Å². The van der Waals surface area contributed by atoms with Crippen molar-refractivity contribution in [3.8, 4) is 0 Å². The van der Waals surface area contributed by atoms with E-state index in [1.807, 2.05) is 0 Å². The maximum Gasteiger partial charge on any atom is 0.0355 e. The maximum atomic E-state index is 5.96. The number of nitrogens with two attached hydrogens (primary N) is 1. The quantitative estimate of drug-likeness (QED) is 0.728. The molecule has 1 saturated heterocycles. The molecule has 0 aromatic heterocycles. The second kappa shape index (κ2) is 4.60. The normalized spacial score (nSPS) is 23.4. The fourth-order valence-electron chi connectivity index (χ4n) is 2.28. The van der Waals surface area contributed by atoms with Gasteiger partial charge < -0.3 is 10.6 Å². The Balaban J connectivity index is 2.67. The van der Waals surface area contributed by atoms with Gasteiger partial charge in [0.2, 0.25) is 0 Å². The van der Waals surface area contributed by atoms with Crippen molar-refractivity contribution in [2.75, 3.05) is 33.7 Å². The molecule has 0 bridgehead atoms. The van der Waals surface area contributed by atoms with Gasteiger partial charge in [-0.2, -0.15) is 0 Å². The van der Waals surface area contributed by atoms with Crippen LogP contribution in [0.3, 0.4) is 0 Å². The van der Waals surface area contributed by atoms with Gasteiger partial charge in [-0.15, -0.1) is 0 Å². The number of hydrogen-bond donors (Lipinski definition) is 1. The van der Waals surface area contributed by atoms with E-state index >= 15 is 0 Å². The molecule has 0 radical (unpaired) electrons. The standard InChI is InChI=1S/C11H25N3/c1-10(2)14(4)11(9-12)5-7-13(3)8-6-11/h10H,5-9,12H2,1-4H3.